The molecule has 0 aliphatic carbocycles. The van der Waals surface area contributed by atoms with Crippen LogP contribution in [0.5, 0.6) is 0 Å². The van der Waals surface area contributed by atoms with Gasteiger partial charge in [-0.3, -0.25) is 0 Å². The zero-order valence-corrected chi connectivity index (χ0v) is 8.14. The van der Waals surface area contributed by atoms with Crippen LogP contribution in [0.25, 0.3) is 0 Å². The van der Waals surface area contributed by atoms with Gasteiger partial charge in [0.2, 0.25) is 0 Å². The highest BCUT2D eigenvalue weighted by Gasteiger charge is 2.33. The first-order valence-electron chi connectivity index (χ1n) is 4.96. The van der Waals surface area contributed by atoms with E-state index < -0.39 is 18.6 Å². The SMILES string of the molecule is FC(F)(F)CC1CCc2ccccc2N1. The summed E-state index contributed by atoms with van der Waals surface area (Å²) in [5, 5.41) is 2.93. The Morgan fingerprint density at radius 2 is 2.00 bits per heavy atom. The zero-order chi connectivity index (χ0) is 10.9. The first-order chi connectivity index (χ1) is 7.04. The second-order valence-electron chi connectivity index (χ2n) is 3.86. The third kappa shape index (κ3) is 2.64. The standard InChI is InChI=1S/C11H12F3N/c12-11(13,14)7-9-6-5-8-3-1-2-4-10(8)15-9/h1-4,9,15H,5-7H2. The van der Waals surface area contributed by atoms with Gasteiger partial charge in [-0.15, -0.1) is 0 Å². The Balaban J connectivity index is 2.06. The van der Waals surface area contributed by atoms with Crippen LogP contribution in [0.3, 0.4) is 0 Å². The molecule has 0 amide bonds. The molecule has 0 aromatic heterocycles. The molecule has 0 spiro atoms. The molecule has 0 bridgehead atoms. The van der Waals surface area contributed by atoms with Crippen molar-refractivity contribution in [3.8, 4) is 0 Å². The van der Waals surface area contributed by atoms with Crippen molar-refractivity contribution in [2.75, 3.05) is 5.32 Å². The van der Waals surface area contributed by atoms with Crippen molar-refractivity contribution >= 4 is 5.69 Å². The number of rotatable bonds is 1. The second kappa shape index (κ2) is 3.76. The van der Waals surface area contributed by atoms with Crippen LogP contribution in [0.15, 0.2) is 24.3 Å². The maximum atomic E-state index is 12.2. The van der Waals surface area contributed by atoms with E-state index in [0.29, 0.717) is 6.42 Å². The number of alkyl halides is 3. The molecule has 1 aromatic rings. The lowest BCUT2D eigenvalue weighted by Gasteiger charge is -2.27. The Morgan fingerprint density at radius 3 is 2.73 bits per heavy atom. The Morgan fingerprint density at radius 1 is 1.27 bits per heavy atom. The van der Waals surface area contributed by atoms with Gasteiger partial charge in [-0.25, -0.2) is 0 Å². The lowest BCUT2D eigenvalue weighted by molar-refractivity contribution is -0.137. The molecule has 1 aromatic carbocycles. The molecule has 0 saturated carbocycles. The van der Waals surface area contributed by atoms with E-state index in [2.05, 4.69) is 5.32 Å². The molecule has 4 heteroatoms. The topological polar surface area (TPSA) is 12.0 Å². The molecule has 1 heterocycles. The van der Waals surface area contributed by atoms with Gasteiger partial charge in [-0.2, -0.15) is 13.2 Å². The van der Waals surface area contributed by atoms with E-state index in [-0.39, 0.29) is 0 Å². The molecule has 82 valence electrons. The number of hydrogen-bond donors (Lipinski definition) is 1. The average Bonchev–Trinajstić information content (AvgIpc) is 2.15. The molecule has 1 unspecified atom stereocenters. The van der Waals surface area contributed by atoms with Gasteiger partial charge in [0.1, 0.15) is 0 Å². The van der Waals surface area contributed by atoms with Crippen molar-refractivity contribution in [2.45, 2.75) is 31.5 Å². The van der Waals surface area contributed by atoms with Crippen molar-refractivity contribution in [3.05, 3.63) is 29.8 Å². The Bertz CT molecular complexity index is 346. The highest BCUT2D eigenvalue weighted by atomic mass is 19.4. The molecule has 1 aliphatic heterocycles. The molecule has 1 aliphatic rings. The van der Waals surface area contributed by atoms with E-state index in [4.69, 9.17) is 0 Å². The molecular formula is C11H12F3N. The molecule has 0 radical (unpaired) electrons. The summed E-state index contributed by atoms with van der Waals surface area (Å²) in [6, 6.07) is 7.05. The van der Waals surface area contributed by atoms with Gasteiger partial charge in [0, 0.05) is 11.7 Å². The molecule has 1 nitrogen and oxygen atoms in total. The highest BCUT2D eigenvalue weighted by molar-refractivity contribution is 5.53. The first-order valence-corrected chi connectivity index (χ1v) is 4.96. The van der Waals surface area contributed by atoms with Crippen LogP contribution < -0.4 is 5.32 Å². The van der Waals surface area contributed by atoms with Gasteiger partial charge in [0.15, 0.2) is 0 Å². The third-order valence-corrected chi connectivity index (χ3v) is 2.62. The quantitative estimate of drug-likeness (QED) is 0.757. The highest BCUT2D eigenvalue weighted by Crippen LogP contribution is 2.30. The monoisotopic (exact) mass is 215 g/mol. The summed E-state index contributed by atoms with van der Waals surface area (Å²) in [5.74, 6) is 0. The Labute approximate surface area is 86.3 Å². The summed E-state index contributed by atoms with van der Waals surface area (Å²) in [6.07, 6.45) is -3.55. The fourth-order valence-electron chi connectivity index (χ4n) is 1.93. The third-order valence-electron chi connectivity index (χ3n) is 2.62. The summed E-state index contributed by atoms with van der Waals surface area (Å²) in [7, 11) is 0. The van der Waals surface area contributed by atoms with Gasteiger partial charge in [0.25, 0.3) is 0 Å². The van der Waals surface area contributed by atoms with Crippen LogP contribution >= 0.6 is 0 Å². The number of halogens is 3. The Hall–Kier alpha value is -1.19. The molecule has 15 heavy (non-hydrogen) atoms. The van der Waals surface area contributed by atoms with Gasteiger partial charge >= 0.3 is 6.18 Å². The maximum Gasteiger partial charge on any atom is 0.391 e. The first kappa shape index (κ1) is 10.3. The average molecular weight is 215 g/mol. The molecule has 1 atom stereocenters. The normalized spacial score (nSPS) is 20.6. The zero-order valence-electron chi connectivity index (χ0n) is 8.14. The predicted octanol–water partition coefficient (Wildman–Crippen LogP) is 3.37. The van der Waals surface area contributed by atoms with Gasteiger partial charge in [0.05, 0.1) is 6.42 Å². The minimum absolute atomic E-state index is 0.472. The van der Waals surface area contributed by atoms with Gasteiger partial charge in [-0.05, 0) is 24.5 Å². The number of benzene rings is 1. The lowest BCUT2D eigenvalue weighted by atomic mass is 9.96. The van der Waals surface area contributed by atoms with E-state index in [1.54, 1.807) is 0 Å². The van der Waals surface area contributed by atoms with Crippen molar-refractivity contribution in [1.82, 2.24) is 0 Å². The number of para-hydroxylation sites is 1. The molecule has 2 rings (SSSR count). The van der Waals surface area contributed by atoms with E-state index in [9.17, 15) is 13.2 Å². The number of hydrogen-bond acceptors (Lipinski definition) is 1. The summed E-state index contributed by atoms with van der Waals surface area (Å²) < 4.78 is 36.5. The van der Waals surface area contributed by atoms with Crippen molar-refractivity contribution in [1.29, 1.82) is 0 Å². The van der Waals surface area contributed by atoms with Crippen LogP contribution in [0.4, 0.5) is 18.9 Å². The second-order valence-corrected chi connectivity index (χ2v) is 3.86. The molecule has 1 N–H and O–H groups in total. The summed E-state index contributed by atoms with van der Waals surface area (Å²) in [6.45, 7) is 0. The summed E-state index contributed by atoms with van der Waals surface area (Å²) in [5.41, 5.74) is 1.95. The molecular weight excluding hydrogens is 203 g/mol. The van der Waals surface area contributed by atoms with E-state index in [1.165, 1.54) is 0 Å². The van der Waals surface area contributed by atoms with Crippen LogP contribution in [0, 0.1) is 0 Å². The van der Waals surface area contributed by atoms with E-state index >= 15 is 0 Å². The Kier molecular flexibility index (Phi) is 2.59. The maximum absolute atomic E-state index is 12.2. The summed E-state index contributed by atoms with van der Waals surface area (Å²) >= 11 is 0. The number of nitrogens with one attached hydrogen (secondary N) is 1. The van der Waals surface area contributed by atoms with E-state index in [1.807, 2.05) is 24.3 Å². The molecule has 0 fully saturated rings. The van der Waals surface area contributed by atoms with Crippen molar-refractivity contribution in [2.24, 2.45) is 0 Å². The smallest absolute Gasteiger partial charge is 0.382 e. The number of anilines is 1. The minimum atomic E-state index is -4.08. The van der Waals surface area contributed by atoms with Gasteiger partial charge in [-0.1, -0.05) is 18.2 Å². The van der Waals surface area contributed by atoms with Crippen LogP contribution in [-0.4, -0.2) is 12.2 Å². The van der Waals surface area contributed by atoms with Crippen molar-refractivity contribution in [3.63, 3.8) is 0 Å². The van der Waals surface area contributed by atoms with Crippen LogP contribution in [0.1, 0.15) is 18.4 Å². The van der Waals surface area contributed by atoms with Crippen LogP contribution in [-0.2, 0) is 6.42 Å². The number of aryl methyl sites for hydroxylation is 1. The summed E-state index contributed by atoms with van der Waals surface area (Å²) in [4.78, 5) is 0. The lowest BCUT2D eigenvalue weighted by Crippen LogP contribution is -2.30. The largest absolute Gasteiger partial charge is 0.391 e. The minimum Gasteiger partial charge on any atom is -0.382 e. The molecule has 0 saturated heterocycles. The van der Waals surface area contributed by atoms with Crippen LogP contribution in [0.2, 0.25) is 0 Å². The van der Waals surface area contributed by atoms with Gasteiger partial charge < -0.3 is 5.32 Å². The fourth-order valence-corrected chi connectivity index (χ4v) is 1.93. The number of fused-ring (bicyclic) bond motifs is 1. The fraction of sp³-hybridized carbons (Fsp3) is 0.455. The predicted molar refractivity (Wildman–Crippen MR) is 52.8 cm³/mol. The van der Waals surface area contributed by atoms with E-state index in [0.717, 1.165) is 17.7 Å². The van der Waals surface area contributed by atoms with Crippen molar-refractivity contribution < 1.29 is 13.2 Å².